The quantitative estimate of drug-likeness (QED) is 0.354. The fraction of sp³-hybridized carbons (Fsp3) is 0.286. The Morgan fingerprint density at radius 2 is 2.19 bits per heavy atom. The van der Waals surface area contributed by atoms with Crippen LogP contribution in [-0.4, -0.2) is 62.8 Å². The van der Waals surface area contributed by atoms with Crippen LogP contribution in [0.1, 0.15) is 16.2 Å². The van der Waals surface area contributed by atoms with Crippen LogP contribution in [0.15, 0.2) is 42.2 Å². The molecular formula is C21H23N7O3S. The van der Waals surface area contributed by atoms with E-state index in [1.807, 2.05) is 25.1 Å². The number of carbonyl (C=O) groups excluding carboxylic acids is 1. The monoisotopic (exact) mass is 453 g/mol. The van der Waals surface area contributed by atoms with Crippen molar-refractivity contribution in [3.8, 4) is 22.0 Å². The van der Waals surface area contributed by atoms with Crippen molar-refractivity contribution < 1.29 is 14.3 Å². The second-order valence-corrected chi connectivity index (χ2v) is 7.71. The van der Waals surface area contributed by atoms with Gasteiger partial charge < -0.3 is 14.8 Å². The fourth-order valence-corrected chi connectivity index (χ4v) is 3.85. The van der Waals surface area contributed by atoms with E-state index >= 15 is 0 Å². The zero-order valence-electron chi connectivity index (χ0n) is 17.7. The summed E-state index contributed by atoms with van der Waals surface area (Å²) in [7, 11) is 1.63. The third-order valence-electron chi connectivity index (χ3n) is 4.61. The number of aryl methyl sites for hydroxylation is 1. The Hall–Kier alpha value is -3.41. The van der Waals surface area contributed by atoms with Crippen LogP contribution in [0, 0.1) is 6.92 Å². The lowest BCUT2D eigenvalue weighted by atomic mass is 10.2. The molecule has 0 atom stereocenters. The highest BCUT2D eigenvalue weighted by atomic mass is 32.1. The number of nitrogens with one attached hydrogen (secondary N) is 2. The van der Waals surface area contributed by atoms with Gasteiger partial charge in [0.2, 0.25) is 0 Å². The van der Waals surface area contributed by atoms with Gasteiger partial charge in [-0.25, -0.2) is 4.98 Å². The first-order valence-corrected chi connectivity index (χ1v) is 10.9. The molecule has 4 rings (SSSR count). The van der Waals surface area contributed by atoms with Gasteiger partial charge in [0.25, 0.3) is 5.91 Å². The lowest BCUT2D eigenvalue weighted by molar-refractivity contribution is 0.0654. The van der Waals surface area contributed by atoms with E-state index in [-0.39, 0.29) is 5.91 Å². The lowest BCUT2D eigenvalue weighted by Crippen LogP contribution is -2.12. The van der Waals surface area contributed by atoms with Crippen LogP contribution in [0.3, 0.4) is 0 Å². The average Bonchev–Trinajstić information content (AvgIpc) is 3.54. The molecular weight excluding hydrogens is 430 g/mol. The van der Waals surface area contributed by atoms with Crippen molar-refractivity contribution in [3.05, 3.63) is 53.6 Å². The molecule has 0 aliphatic heterocycles. The summed E-state index contributed by atoms with van der Waals surface area (Å²) in [6.45, 7) is 3.93. The summed E-state index contributed by atoms with van der Waals surface area (Å²) >= 11 is 1.39. The Balaban J connectivity index is 1.52. The van der Waals surface area contributed by atoms with Gasteiger partial charge in [-0.3, -0.25) is 19.6 Å². The molecule has 10 nitrogen and oxygen atoms in total. The summed E-state index contributed by atoms with van der Waals surface area (Å²) in [5.41, 5.74) is 3.84. The molecule has 4 aromatic rings. The second-order valence-electron chi connectivity index (χ2n) is 6.85. The number of anilines is 1. The Bertz CT molecular complexity index is 1170. The topological polar surface area (TPSA) is 120 Å². The van der Waals surface area contributed by atoms with E-state index in [9.17, 15) is 4.79 Å². The summed E-state index contributed by atoms with van der Waals surface area (Å²) in [4.78, 5) is 21.8. The van der Waals surface area contributed by atoms with Gasteiger partial charge in [-0.1, -0.05) is 6.07 Å². The van der Waals surface area contributed by atoms with Gasteiger partial charge >= 0.3 is 0 Å². The fourth-order valence-electron chi connectivity index (χ4n) is 2.98. The minimum absolute atomic E-state index is 0.318. The summed E-state index contributed by atoms with van der Waals surface area (Å²) < 4.78 is 12.2. The molecule has 0 saturated carbocycles. The molecule has 0 unspecified atom stereocenters. The smallest absolute Gasteiger partial charge is 0.275 e. The average molecular weight is 454 g/mol. The highest BCUT2D eigenvalue weighted by Gasteiger charge is 2.19. The minimum Gasteiger partial charge on any atom is -0.382 e. The molecule has 0 aromatic carbocycles. The Morgan fingerprint density at radius 1 is 1.28 bits per heavy atom. The molecule has 0 aliphatic carbocycles. The van der Waals surface area contributed by atoms with Gasteiger partial charge in [0.1, 0.15) is 16.4 Å². The van der Waals surface area contributed by atoms with E-state index in [0.717, 1.165) is 16.3 Å². The number of rotatable bonds is 10. The van der Waals surface area contributed by atoms with Gasteiger partial charge in [-0.15, -0.1) is 11.3 Å². The second kappa shape index (κ2) is 10.3. The molecule has 2 N–H and O–H groups in total. The molecule has 0 saturated heterocycles. The maximum atomic E-state index is 12.9. The molecule has 0 bridgehead atoms. The van der Waals surface area contributed by atoms with E-state index in [2.05, 4.69) is 30.6 Å². The number of ether oxygens (including phenoxy) is 2. The first-order valence-electron chi connectivity index (χ1n) is 9.99. The predicted octanol–water partition coefficient (Wildman–Crippen LogP) is 3.02. The van der Waals surface area contributed by atoms with Crippen molar-refractivity contribution >= 4 is 22.9 Å². The third-order valence-corrected chi connectivity index (χ3v) is 5.49. The van der Waals surface area contributed by atoms with E-state index in [4.69, 9.17) is 9.47 Å². The zero-order chi connectivity index (χ0) is 22.3. The van der Waals surface area contributed by atoms with E-state index in [1.165, 1.54) is 11.3 Å². The molecule has 166 valence electrons. The standard InChI is InChI=1S/C21H23N7O3S/c1-14-15(11-23-26-14)21-25-18(13-32-21)20(29)24-17-12-28(7-8-31-10-9-30-2)27-19(17)16-5-3-4-6-22-16/h3-6,11-13H,7-10H2,1-2H3,(H,23,26)(H,24,29). The van der Waals surface area contributed by atoms with Gasteiger partial charge in [0.15, 0.2) is 0 Å². The third kappa shape index (κ3) is 5.07. The lowest BCUT2D eigenvalue weighted by Gasteiger charge is -2.03. The van der Waals surface area contributed by atoms with Crippen LogP contribution < -0.4 is 5.32 Å². The first kappa shape index (κ1) is 21.8. The van der Waals surface area contributed by atoms with Gasteiger partial charge in [0, 0.05) is 31.1 Å². The summed E-state index contributed by atoms with van der Waals surface area (Å²) in [6, 6.07) is 5.55. The number of aromatic amines is 1. The van der Waals surface area contributed by atoms with Gasteiger partial charge in [-0.2, -0.15) is 10.2 Å². The van der Waals surface area contributed by atoms with Crippen LogP contribution in [0.2, 0.25) is 0 Å². The van der Waals surface area contributed by atoms with Gasteiger partial charge in [-0.05, 0) is 19.1 Å². The molecule has 32 heavy (non-hydrogen) atoms. The molecule has 0 radical (unpaired) electrons. The van der Waals surface area contributed by atoms with Crippen molar-refractivity contribution in [2.45, 2.75) is 13.5 Å². The first-order chi connectivity index (χ1) is 15.7. The normalized spacial score (nSPS) is 11.1. The Labute approximate surface area is 188 Å². The molecule has 1 amide bonds. The number of nitrogens with zero attached hydrogens (tertiary/aromatic N) is 5. The maximum absolute atomic E-state index is 12.9. The van der Waals surface area contributed by atoms with Crippen LogP contribution >= 0.6 is 11.3 Å². The molecule has 11 heteroatoms. The van der Waals surface area contributed by atoms with Crippen molar-refractivity contribution in [3.63, 3.8) is 0 Å². The Morgan fingerprint density at radius 3 is 2.94 bits per heavy atom. The summed E-state index contributed by atoms with van der Waals surface area (Å²) in [5.74, 6) is -0.318. The number of thiazole rings is 1. The number of hydrogen-bond acceptors (Lipinski definition) is 8. The molecule has 0 fully saturated rings. The predicted molar refractivity (Wildman–Crippen MR) is 121 cm³/mol. The zero-order valence-corrected chi connectivity index (χ0v) is 18.6. The van der Waals surface area contributed by atoms with Crippen molar-refractivity contribution in [1.82, 2.24) is 29.9 Å². The van der Waals surface area contributed by atoms with E-state index in [0.29, 0.717) is 49.1 Å². The SMILES string of the molecule is COCCOCCn1cc(NC(=O)c2csc(-c3c[nH]nc3C)n2)c(-c2ccccn2)n1. The number of aromatic nitrogens is 6. The maximum Gasteiger partial charge on any atom is 0.275 e. The number of carbonyl (C=O) groups is 1. The minimum atomic E-state index is -0.318. The molecule has 0 spiro atoms. The molecule has 4 aromatic heterocycles. The molecule has 4 heterocycles. The molecule has 0 aliphatic rings. The van der Waals surface area contributed by atoms with Crippen LogP contribution in [-0.2, 0) is 16.0 Å². The van der Waals surface area contributed by atoms with E-state index < -0.39 is 0 Å². The van der Waals surface area contributed by atoms with Crippen LogP contribution in [0.25, 0.3) is 22.0 Å². The number of hydrogen-bond donors (Lipinski definition) is 2. The summed E-state index contributed by atoms with van der Waals surface area (Å²) in [5, 5.41) is 16.9. The van der Waals surface area contributed by atoms with Crippen LogP contribution in [0.4, 0.5) is 5.69 Å². The number of H-pyrrole nitrogens is 1. The largest absolute Gasteiger partial charge is 0.382 e. The van der Waals surface area contributed by atoms with Crippen molar-refractivity contribution in [2.75, 3.05) is 32.2 Å². The van der Waals surface area contributed by atoms with Crippen LogP contribution in [0.5, 0.6) is 0 Å². The highest BCUT2D eigenvalue weighted by molar-refractivity contribution is 7.13. The Kier molecular flexibility index (Phi) is 7.00. The van der Waals surface area contributed by atoms with Gasteiger partial charge in [0.05, 0.1) is 49.0 Å². The van der Waals surface area contributed by atoms with E-state index in [1.54, 1.807) is 35.8 Å². The number of pyridine rings is 1. The van der Waals surface area contributed by atoms with Crippen molar-refractivity contribution in [1.29, 1.82) is 0 Å². The van der Waals surface area contributed by atoms with Crippen molar-refractivity contribution in [2.24, 2.45) is 0 Å². The number of methoxy groups -OCH3 is 1. The summed E-state index contributed by atoms with van der Waals surface area (Å²) in [6.07, 6.45) is 5.23. The highest BCUT2D eigenvalue weighted by Crippen LogP contribution is 2.28. The number of amides is 1.